The maximum atomic E-state index is 12.6. The van der Waals surface area contributed by atoms with E-state index in [1.165, 1.54) is 0 Å². The van der Waals surface area contributed by atoms with Crippen LogP contribution >= 0.6 is 11.8 Å². The molecule has 7 nitrogen and oxygen atoms in total. The predicted molar refractivity (Wildman–Crippen MR) is 148 cm³/mol. The number of esters is 3. The quantitative estimate of drug-likeness (QED) is 0.0938. The molecule has 0 aromatic carbocycles. The number of nitrogens with zero attached hydrogens (tertiary/aromatic N) is 1. The molecule has 0 bridgehead atoms. The molecule has 0 heterocycles. The highest BCUT2D eigenvalue weighted by Gasteiger charge is 2.20. The normalized spacial score (nSPS) is 12.2. The number of unbranched alkanes of at least 4 members (excludes halogenated alkanes) is 6. The number of carbonyl (C=O) groups excluding carboxylic acids is 3. The van der Waals surface area contributed by atoms with Crippen molar-refractivity contribution in [3.05, 3.63) is 0 Å². The zero-order chi connectivity index (χ0) is 27.2. The fourth-order valence-electron chi connectivity index (χ4n) is 3.37. The molecule has 0 spiro atoms. The summed E-state index contributed by atoms with van der Waals surface area (Å²) in [7, 11) is 3.95. The molecule has 0 radical (unpaired) electrons. The lowest BCUT2D eigenvalue weighted by Crippen LogP contribution is -2.31. The number of rotatable bonds is 23. The van der Waals surface area contributed by atoms with Gasteiger partial charge in [0.2, 0.25) is 0 Å². The van der Waals surface area contributed by atoms with Gasteiger partial charge in [-0.15, -0.1) is 0 Å². The van der Waals surface area contributed by atoms with E-state index in [-0.39, 0.29) is 23.8 Å². The van der Waals surface area contributed by atoms with E-state index in [1.807, 2.05) is 46.7 Å². The molecular weight excluding hydrogens is 478 g/mol. The third-order valence-corrected chi connectivity index (χ3v) is 6.55. The fourth-order valence-corrected chi connectivity index (χ4v) is 4.47. The van der Waals surface area contributed by atoms with Gasteiger partial charge in [-0.2, -0.15) is 11.8 Å². The summed E-state index contributed by atoms with van der Waals surface area (Å²) in [5, 5.41) is 0. The van der Waals surface area contributed by atoms with Crippen molar-refractivity contribution in [3.63, 3.8) is 0 Å². The lowest BCUT2D eigenvalue weighted by Gasteiger charge is -2.19. The van der Waals surface area contributed by atoms with Gasteiger partial charge in [0.25, 0.3) is 0 Å². The minimum absolute atomic E-state index is 0.0927. The molecular formula is C28H53NO6S. The smallest absolute Gasteiger partial charge is 0.311 e. The number of hydrogen-bond donors (Lipinski definition) is 0. The first kappa shape index (κ1) is 34.7. The average molecular weight is 532 g/mol. The van der Waals surface area contributed by atoms with Crippen molar-refractivity contribution in [2.24, 2.45) is 17.8 Å². The van der Waals surface area contributed by atoms with Crippen molar-refractivity contribution in [2.75, 3.05) is 52.0 Å². The first-order valence-electron chi connectivity index (χ1n) is 13.8. The zero-order valence-corrected chi connectivity index (χ0v) is 24.7. The molecule has 0 aliphatic rings. The number of thioether (sulfide) groups is 1. The maximum Gasteiger partial charge on any atom is 0.311 e. The SMILES string of the molecule is CC(C)COC(=O)CCCCCCOC(=O)C(CSCCCCCCC(=O)OCC(C)C)CN(C)C. The van der Waals surface area contributed by atoms with Crippen LogP contribution in [0.1, 0.15) is 91.9 Å². The Hall–Kier alpha value is -1.28. The van der Waals surface area contributed by atoms with Crippen LogP contribution in [0.5, 0.6) is 0 Å². The third kappa shape index (κ3) is 23.1. The lowest BCUT2D eigenvalue weighted by atomic mass is 10.1. The highest BCUT2D eigenvalue weighted by Crippen LogP contribution is 2.16. The van der Waals surface area contributed by atoms with Crippen LogP contribution in [-0.2, 0) is 28.6 Å². The predicted octanol–water partition coefficient (Wildman–Crippen LogP) is 5.74. The molecule has 0 amide bonds. The Labute approximate surface area is 224 Å². The zero-order valence-electron chi connectivity index (χ0n) is 23.9. The van der Waals surface area contributed by atoms with E-state index in [2.05, 4.69) is 0 Å². The van der Waals surface area contributed by atoms with Crippen molar-refractivity contribution >= 4 is 29.7 Å². The van der Waals surface area contributed by atoms with Crippen molar-refractivity contribution < 1.29 is 28.6 Å². The highest BCUT2D eigenvalue weighted by molar-refractivity contribution is 7.99. The van der Waals surface area contributed by atoms with Gasteiger partial charge in [0.15, 0.2) is 0 Å². The van der Waals surface area contributed by atoms with E-state index in [0.717, 1.165) is 62.9 Å². The van der Waals surface area contributed by atoms with Crippen molar-refractivity contribution in [1.82, 2.24) is 4.90 Å². The lowest BCUT2D eigenvalue weighted by molar-refractivity contribution is -0.148. The van der Waals surface area contributed by atoms with Gasteiger partial charge in [0, 0.05) is 25.1 Å². The molecule has 0 aromatic heterocycles. The summed E-state index contributed by atoms with van der Waals surface area (Å²) in [6, 6.07) is 0. The molecule has 0 aliphatic heterocycles. The van der Waals surface area contributed by atoms with Crippen molar-refractivity contribution in [2.45, 2.75) is 91.9 Å². The second-order valence-electron chi connectivity index (χ2n) is 10.7. The summed E-state index contributed by atoms with van der Waals surface area (Å²) in [6.45, 7) is 10.2. The topological polar surface area (TPSA) is 82.1 Å². The summed E-state index contributed by atoms with van der Waals surface area (Å²) in [5.41, 5.74) is 0. The van der Waals surface area contributed by atoms with Crippen LogP contribution in [0.25, 0.3) is 0 Å². The average Bonchev–Trinajstić information content (AvgIpc) is 2.81. The first-order chi connectivity index (χ1) is 17.1. The molecule has 8 heteroatoms. The molecule has 0 saturated carbocycles. The van der Waals surface area contributed by atoms with Crippen LogP contribution in [0.3, 0.4) is 0 Å². The van der Waals surface area contributed by atoms with Crippen LogP contribution < -0.4 is 0 Å². The second kappa shape index (κ2) is 22.9. The van der Waals surface area contributed by atoms with Gasteiger partial charge >= 0.3 is 17.9 Å². The molecule has 0 saturated heterocycles. The molecule has 1 unspecified atom stereocenters. The summed E-state index contributed by atoms with van der Waals surface area (Å²) < 4.78 is 15.9. The van der Waals surface area contributed by atoms with Gasteiger partial charge in [-0.1, -0.05) is 53.4 Å². The minimum atomic E-state index is -0.128. The fraction of sp³-hybridized carbons (Fsp3) is 0.893. The summed E-state index contributed by atoms with van der Waals surface area (Å²) in [5.74, 6) is 2.05. The third-order valence-electron chi connectivity index (χ3n) is 5.33. The minimum Gasteiger partial charge on any atom is -0.465 e. The molecule has 36 heavy (non-hydrogen) atoms. The molecule has 0 rings (SSSR count). The van der Waals surface area contributed by atoms with E-state index in [9.17, 15) is 14.4 Å². The Morgan fingerprint density at radius 1 is 0.694 bits per heavy atom. The van der Waals surface area contributed by atoms with Gasteiger partial charge in [0.05, 0.1) is 25.7 Å². The van der Waals surface area contributed by atoms with Crippen LogP contribution in [0.4, 0.5) is 0 Å². The summed E-state index contributed by atoms with van der Waals surface area (Å²) in [6.07, 6.45) is 8.54. The molecule has 1 atom stereocenters. The Kier molecular flexibility index (Phi) is 22.1. The van der Waals surface area contributed by atoms with Crippen LogP contribution in [0.15, 0.2) is 0 Å². The molecule has 0 aliphatic carbocycles. The number of ether oxygens (including phenoxy) is 3. The largest absolute Gasteiger partial charge is 0.465 e. The van der Waals surface area contributed by atoms with Crippen LogP contribution in [0, 0.1) is 17.8 Å². The van der Waals surface area contributed by atoms with Gasteiger partial charge in [0.1, 0.15) is 0 Å². The molecule has 0 aromatic rings. The van der Waals surface area contributed by atoms with E-state index >= 15 is 0 Å². The molecule has 0 N–H and O–H groups in total. The highest BCUT2D eigenvalue weighted by atomic mass is 32.2. The Balaban J connectivity index is 3.88. The summed E-state index contributed by atoms with van der Waals surface area (Å²) >= 11 is 1.80. The molecule has 212 valence electrons. The van der Waals surface area contributed by atoms with Gasteiger partial charge in [-0.3, -0.25) is 14.4 Å². The van der Waals surface area contributed by atoms with Crippen LogP contribution in [0.2, 0.25) is 0 Å². The summed E-state index contributed by atoms with van der Waals surface area (Å²) in [4.78, 5) is 37.8. The van der Waals surface area contributed by atoms with E-state index < -0.39 is 0 Å². The number of carbonyl (C=O) groups is 3. The number of hydrogen-bond acceptors (Lipinski definition) is 8. The van der Waals surface area contributed by atoms with E-state index in [4.69, 9.17) is 14.2 Å². The monoisotopic (exact) mass is 531 g/mol. The second-order valence-corrected chi connectivity index (χ2v) is 11.8. The first-order valence-corrected chi connectivity index (χ1v) is 15.0. The van der Waals surface area contributed by atoms with Crippen molar-refractivity contribution in [1.29, 1.82) is 0 Å². The Morgan fingerprint density at radius 2 is 1.19 bits per heavy atom. The van der Waals surface area contributed by atoms with Crippen molar-refractivity contribution in [3.8, 4) is 0 Å². The van der Waals surface area contributed by atoms with E-state index in [1.54, 1.807) is 11.8 Å². The van der Waals surface area contributed by atoms with Gasteiger partial charge in [-0.05, 0) is 57.4 Å². The molecule has 0 fully saturated rings. The maximum absolute atomic E-state index is 12.6. The Morgan fingerprint density at radius 3 is 1.69 bits per heavy atom. The standard InChI is InChI=1S/C28H53NO6S/c1-23(2)20-34-26(30)15-11-7-9-13-17-33-28(32)25(19-29(5)6)22-36-18-14-10-8-12-16-27(31)35-21-24(3)4/h23-25H,7-22H2,1-6H3. The van der Waals surface area contributed by atoms with E-state index in [0.29, 0.717) is 51.0 Å². The van der Waals surface area contributed by atoms with Gasteiger partial charge < -0.3 is 19.1 Å². The van der Waals surface area contributed by atoms with Crippen LogP contribution in [-0.4, -0.2) is 74.8 Å². The Bertz CT molecular complexity index is 582. The van der Waals surface area contributed by atoms with Gasteiger partial charge in [-0.25, -0.2) is 0 Å².